The topological polar surface area (TPSA) is 51.5 Å². The molecule has 1 amide bonds. The molecule has 4 heteroatoms. The zero-order chi connectivity index (χ0) is 25.7. The number of hydrogen-bond acceptors (Lipinski definition) is 3. The van der Waals surface area contributed by atoms with E-state index in [9.17, 15) is 4.79 Å². The van der Waals surface area contributed by atoms with Gasteiger partial charge < -0.3 is 14.5 Å². The van der Waals surface area contributed by atoms with Gasteiger partial charge in [0.1, 0.15) is 18.1 Å². The van der Waals surface area contributed by atoms with Crippen molar-refractivity contribution in [1.29, 1.82) is 0 Å². The van der Waals surface area contributed by atoms with Gasteiger partial charge in [-0.05, 0) is 42.7 Å². The minimum absolute atomic E-state index is 0.144. The highest BCUT2D eigenvalue weighted by atomic mass is 16.5. The zero-order valence-electron chi connectivity index (χ0n) is 23.1. The van der Waals surface area contributed by atoms with Crippen molar-refractivity contribution < 1.29 is 13.9 Å². The fourth-order valence-corrected chi connectivity index (χ4v) is 4.52. The third-order valence-corrected chi connectivity index (χ3v) is 6.91. The lowest BCUT2D eigenvalue weighted by atomic mass is 10.0. The van der Waals surface area contributed by atoms with Crippen LogP contribution in [0.15, 0.2) is 40.8 Å². The number of furan rings is 1. The highest BCUT2D eigenvalue weighted by Gasteiger charge is 2.11. The van der Waals surface area contributed by atoms with Gasteiger partial charge in [-0.2, -0.15) is 0 Å². The van der Waals surface area contributed by atoms with E-state index in [-0.39, 0.29) is 5.91 Å². The highest BCUT2D eigenvalue weighted by Crippen LogP contribution is 2.16. The Balaban J connectivity index is 1.40. The molecule has 1 aromatic carbocycles. The molecule has 0 spiro atoms. The molecule has 1 aromatic heterocycles. The molecule has 4 nitrogen and oxygen atoms in total. The summed E-state index contributed by atoms with van der Waals surface area (Å²) >= 11 is 0. The van der Waals surface area contributed by atoms with E-state index < -0.39 is 0 Å². The van der Waals surface area contributed by atoms with Gasteiger partial charge in [0.25, 0.3) is 5.91 Å². The molecule has 0 radical (unpaired) electrons. The molecule has 2 rings (SSSR count). The predicted octanol–water partition coefficient (Wildman–Crippen LogP) is 9.41. The molecule has 36 heavy (non-hydrogen) atoms. The van der Waals surface area contributed by atoms with Crippen LogP contribution in [0.25, 0.3) is 0 Å². The molecule has 0 bridgehead atoms. The summed E-state index contributed by atoms with van der Waals surface area (Å²) in [5.74, 6) is 1.67. The summed E-state index contributed by atoms with van der Waals surface area (Å²) in [7, 11) is 0. The van der Waals surface area contributed by atoms with Crippen LogP contribution in [0.4, 0.5) is 0 Å². The van der Waals surface area contributed by atoms with Gasteiger partial charge >= 0.3 is 0 Å². The number of ether oxygens (including phenoxy) is 1. The molecule has 0 aliphatic heterocycles. The maximum absolute atomic E-state index is 12.3. The Labute approximate surface area is 220 Å². The lowest BCUT2D eigenvalue weighted by Gasteiger charge is -2.05. The van der Waals surface area contributed by atoms with Gasteiger partial charge in [0.2, 0.25) is 0 Å². The minimum Gasteiger partial charge on any atom is -0.486 e. The van der Waals surface area contributed by atoms with E-state index in [0.29, 0.717) is 24.7 Å². The number of unbranched alkanes of at least 4 members (excludes halogenated alkanes) is 15. The van der Waals surface area contributed by atoms with E-state index in [1.165, 1.54) is 102 Å². The first-order valence-corrected chi connectivity index (χ1v) is 14.8. The van der Waals surface area contributed by atoms with E-state index in [0.717, 1.165) is 18.6 Å². The second-order valence-electron chi connectivity index (χ2n) is 10.1. The van der Waals surface area contributed by atoms with Crippen molar-refractivity contribution >= 4 is 5.91 Å². The zero-order valence-corrected chi connectivity index (χ0v) is 23.1. The maximum atomic E-state index is 12.3. The normalized spacial score (nSPS) is 11.1. The van der Waals surface area contributed by atoms with Crippen molar-refractivity contribution in [2.45, 2.75) is 130 Å². The molecule has 202 valence electrons. The second-order valence-corrected chi connectivity index (χ2v) is 10.1. The first-order chi connectivity index (χ1) is 17.7. The van der Waals surface area contributed by atoms with Crippen molar-refractivity contribution in [3.63, 3.8) is 0 Å². The van der Waals surface area contributed by atoms with Gasteiger partial charge in [-0.1, -0.05) is 122 Å². The fourth-order valence-electron chi connectivity index (χ4n) is 4.52. The molecule has 0 aliphatic carbocycles. The van der Waals surface area contributed by atoms with Crippen LogP contribution in [0.5, 0.6) is 5.75 Å². The SMILES string of the molecule is CCCCCCCCCCCCCCCCCCNC(=O)c1ccc(COc2ccc(CC)cc2)o1. The minimum atomic E-state index is -0.144. The lowest BCUT2D eigenvalue weighted by Crippen LogP contribution is -2.23. The summed E-state index contributed by atoms with van der Waals surface area (Å²) < 4.78 is 11.4. The van der Waals surface area contributed by atoms with Crippen LogP contribution in [-0.4, -0.2) is 12.5 Å². The summed E-state index contributed by atoms with van der Waals surface area (Å²) in [4.78, 5) is 12.3. The van der Waals surface area contributed by atoms with E-state index >= 15 is 0 Å². The molecule has 2 aromatic rings. The van der Waals surface area contributed by atoms with Gasteiger partial charge in [0.05, 0.1) is 0 Å². The number of benzene rings is 1. The van der Waals surface area contributed by atoms with Crippen LogP contribution < -0.4 is 10.1 Å². The Morgan fingerprint density at radius 2 is 1.22 bits per heavy atom. The average Bonchev–Trinajstić information content (AvgIpc) is 3.39. The van der Waals surface area contributed by atoms with Gasteiger partial charge in [0, 0.05) is 6.54 Å². The molecule has 0 fully saturated rings. The van der Waals surface area contributed by atoms with Crippen molar-refractivity contribution in [1.82, 2.24) is 5.32 Å². The van der Waals surface area contributed by atoms with Crippen LogP contribution in [0.3, 0.4) is 0 Å². The molecule has 0 saturated carbocycles. The molecule has 0 atom stereocenters. The van der Waals surface area contributed by atoms with Crippen LogP contribution in [0, 0.1) is 0 Å². The second kappa shape index (κ2) is 19.9. The number of carbonyl (C=O) groups is 1. The summed E-state index contributed by atoms with van der Waals surface area (Å²) in [6.45, 7) is 5.43. The number of aryl methyl sites for hydroxylation is 1. The maximum Gasteiger partial charge on any atom is 0.286 e. The van der Waals surface area contributed by atoms with Crippen molar-refractivity contribution in [3.05, 3.63) is 53.5 Å². The Bertz CT molecular complexity index is 796. The number of rotatable bonds is 22. The third-order valence-electron chi connectivity index (χ3n) is 6.91. The first kappa shape index (κ1) is 30.0. The lowest BCUT2D eigenvalue weighted by molar-refractivity contribution is 0.0921. The van der Waals surface area contributed by atoms with Crippen LogP contribution in [-0.2, 0) is 13.0 Å². The summed E-state index contributed by atoms with van der Waals surface area (Å²) in [5, 5.41) is 2.97. The molecule has 0 aliphatic rings. The summed E-state index contributed by atoms with van der Waals surface area (Å²) in [6, 6.07) is 11.6. The molecule has 1 N–H and O–H groups in total. The quantitative estimate of drug-likeness (QED) is 0.165. The third kappa shape index (κ3) is 13.8. The van der Waals surface area contributed by atoms with Gasteiger partial charge in [0.15, 0.2) is 5.76 Å². The molecule has 0 saturated heterocycles. The van der Waals surface area contributed by atoms with Crippen molar-refractivity contribution in [2.75, 3.05) is 6.54 Å². The number of amides is 1. The van der Waals surface area contributed by atoms with Crippen LogP contribution in [0.1, 0.15) is 138 Å². The number of carbonyl (C=O) groups excluding carboxylic acids is 1. The molecule has 1 heterocycles. The Hall–Kier alpha value is -2.23. The molecular weight excluding hydrogens is 446 g/mol. The first-order valence-electron chi connectivity index (χ1n) is 14.8. The van der Waals surface area contributed by atoms with Gasteiger partial charge in [-0.3, -0.25) is 4.79 Å². The predicted molar refractivity (Wildman–Crippen MR) is 151 cm³/mol. The number of nitrogens with one attached hydrogen (secondary N) is 1. The van der Waals surface area contributed by atoms with E-state index in [1.54, 1.807) is 6.07 Å². The largest absolute Gasteiger partial charge is 0.486 e. The molecular formula is C32H51NO3. The Morgan fingerprint density at radius 3 is 1.75 bits per heavy atom. The van der Waals surface area contributed by atoms with Gasteiger partial charge in [-0.25, -0.2) is 0 Å². The Morgan fingerprint density at radius 1 is 0.694 bits per heavy atom. The number of hydrogen-bond donors (Lipinski definition) is 1. The molecule has 0 unspecified atom stereocenters. The summed E-state index contributed by atoms with van der Waals surface area (Å²) in [6.07, 6.45) is 22.7. The van der Waals surface area contributed by atoms with E-state index in [2.05, 4.69) is 31.3 Å². The van der Waals surface area contributed by atoms with Crippen molar-refractivity contribution in [2.24, 2.45) is 0 Å². The van der Waals surface area contributed by atoms with E-state index in [4.69, 9.17) is 9.15 Å². The monoisotopic (exact) mass is 497 g/mol. The standard InChI is InChI=1S/C32H51NO3/c1-3-5-6-7-8-9-10-11-12-13-14-15-16-17-18-19-26-33-32(34)31-25-24-30(36-31)27-35-29-22-20-28(4-2)21-23-29/h20-25H,3-19,26-27H2,1-2H3,(H,33,34). The van der Waals surface area contributed by atoms with Crippen molar-refractivity contribution in [3.8, 4) is 5.75 Å². The summed E-state index contributed by atoms with van der Waals surface area (Å²) in [5.41, 5.74) is 1.28. The van der Waals surface area contributed by atoms with Crippen LogP contribution >= 0.6 is 0 Å². The van der Waals surface area contributed by atoms with Crippen LogP contribution in [0.2, 0.25) is 0 Å². The van der Waals surface area contributed by atoms with E-state index in [1.807, 2.05) is 18.2 Å². The average molecular weight is 498 g/mol. The Kier molecular flexibility index (Phi) is 16.6. The fraction of sp³-hybridized carbons (Fsp3) is 0.656. The van der Waals surface area contributed by atoms with Gasteiger partial charge in [-0.15, -0.1) is 0 Å². The highest BCUT2D eigenvalue weighted by molar-refractivity contribution is 5.91. The smallest absolute Gasteiger partial charge is 0.286 e.